The summed E-state index contributed by atoms with van der Waals surface area (Å²) < 4.78 is 14.7. The van der Waals surface area contributed by atoms with Gasteiger partial charge in [-0.3, -0.25) is 0 Å². The summed E-state index contributed by atoms with van der Waals surface area (Å²) in [6.07, 6.45) is 20.5. The van der Waals surface area contributed by atoms with Gasteiger partial charge in [0.2, 0.25) is 0 Å². The average Bonchev–Trinajstić information content (AvgIpc) is 3.78. The van der Waals surface area contributed by atoms with Gasteiger partial charge >= 0.3 is 0 Å². The number of para-hydroxylation sites is 1. The number of allylic oxidation sites excluding steroid dienone is 6. The summed E-state index contributed by atoms with van der Waals surface area (Å²) in [6, 6.07) is 35.5. The predicted molar refractivity (Wildman–Crippen MR) is 256 cm³/mol. The zero-order valence-electron chi connectivity index (χ0n) is 36.3. The number of hydrogen-bond acceptors (Lipinski definition) is 2. The third-order valence-corrected chi connectivity index (χ3v) is 13.1. The first-order chi connectivity index (χ1) is 29.1. The highest BCUT2D eigenvalue weighted by Crippen LogP contribution is 2.46. The smallest absolute Gasteiger partial charge is 0.135 e. The first-order valence-corrected chi connectivity index (χ1v) is 21.6. The van der Waals surface area contributed by atoms with Crippen molar-refractivity contribution in [2.45, 2.75) is 80.3 Å². The molecule has 0 saturated heterocycles. The number of rotatable bonds is 6. The molecule has 2 unspecified atom stereocenters. The number of fused-ring (bicyclic) bond motifs is 7. The maximum atomic E-state index is 6.20. The Kier molecular flexibility index (Phi) is 10.2. The molecule has 0 bridgehead atoms. The van der Waals surface area contributed by atoms with Gasteiger partial charge in [-0.1, -0.05) is 111 Å². The van der Waals surface area contributed by atoms with Crippen LogP contribution in [-0.2, 0) is 4.74 Å². The second-order valence-electron chi connectivity index (χ2n) is 17.0. The molecule has 60 heavy (non-hydrogen) atoms. The highest BCUT2D eigenvalue weighted by atomic mass is 16.5. The molecule has 2 atom stereocenters. The van der Waals surface area contributed by atoms with Crippen molar-refractivity contribution in [3.63, 3.8) is 0 Å². The zero-order valence-corrected chi connectivity index (χ0v) is 36.3. The van der Waals surface area contributed by atoms with Crippen LogP contribution < -0.4 is 0 Å². The van der Waals surface area contributed by atoms with E-state index in [0.29, 0.717) is 5.92 Å². The van der Waals surface area contributed by atoms with Crippen molar-refractivity contribution in [3.8, 4) is 27.9 Å². The van der Waals surface area contributed by atoms with Gasteiger partial charge in [0.25, 0.3) is 0 Å². The monoisotopic (exact) mass is 785 g/mol. The largest absolute Gasteiger partial charge is 0.482 e. The Morgan fingerprint density at radius 3 is 2.38 bits per heavy atom. The van der Waals surface area contributed by atoms with Gasteiger partial charge in [0.15, 0.2) is 0 Å². The van der Waals surface area contributed by atoms with E-state index < -0.39 is 0 Å². The van der Waals surface area contributed by atoms with Gasteiger partial charge in [0.05, 0.1) is 11.0 Å². The van der Waals surface area contributed by atoms with E-state index in [9.17, 15) is 0 Å². The molecule has 10 rings (SSSR count). The van der Waals surface area contributed by atoms with Gasteiger partial charge in [-0.15, -0.1) is 0 Å². The molecule has 5 aromatic carbocycles. The Bertz CT molecular complexity index is 3020. The van der Waals surface area contributed by atoms with Crippen LogP contribution in [0.4, 0.5) is 0 Å². The van der Waals surface area contributed by atoms with Crippen LogP contribution in [0, 0.1) is 26.7 Å². The maximum absolute atomic E-state index is 6.20. The van der Waals surface area contributed by atoms with Crippen molar-refractivity contribution < 1.29 is 9.15 Å². The summed E-state index contributed by atoms with van der Waals surface area (Å²) in [5.41, 5.74) is 18.7. The summed E-state index contributed by atoms with van der Waals surface area (Å²) in [5, 5.41) is 3.66. The van der Waals surface area contributed by atoms with E-state index in [0.717, 1.165) is 46.6 Å². The van der Waals surface area contributed by atoms with Crippen LogP contribution in [0.1, 0.15) is 81.9 Å². The van der Waals surface area contributed by atoms with E-state index >= 15 is 0 Å². The Morgan fingerprint density at radius 1 is 0.783 bits per heavy atom. The maximum Gasteiger partial charge on any atom is 0.135 e. The lowest BCUT2D eigenvalue weighted by molar-refractivity contribution is 0.0796. The lowest BCUT2D eigenvalue weighted by Gasteiger charge is -2.30. The summed E-state index contributed by atoms with van der Waals surface area (Å²) in [7, 11) is 0. The second-order valence-corrected chi connectivity index (χ2v) is 17.0. The number of hydrogen-bond donors (Lipinski definition) is 0. The number of benzene rings is 5. The van der Waals surface area contributed by atoms with E-state index in [2.05, 4.69) is 193 Å². The third kappa shape index (κ3) is 6.71. The molecule has 2 aromatic heterocycles. The Balaban J connectivity index is 0.000000216. The minimum absolute atomic E-state index is 0.143. The lowest BCUT2D eigenvalue weighted by atomic mass is 9.80. The number of aryl methyl sites for hydroxylation is 2. The third-order valence-electron chi connectivity index (χ3n) is 13.1. The number of ether oxygens (including phenoxy) is 1. The topological polar surface area (TPSA) is 27.3 Å². The van der Waals surface area contributed by atoms with Gasteiger partial charge in [-0.25, -0.2) is 0 Å². The van der Waals surface area contributed by atoms with Crippen molar-refractivity contribution in [1.29, 1.82) is 0 Å². The van der Waals surface area contributed by atoms with Crippen LogP contribution in [0.5, 0.6) is 0 Å². The summed E-state index contributed by atoms with van der Waals surface area (Å²) >= 11 is 0. The molecule has 3 nitrogen and oxygen atoms in total. The van der Waals surface area contributed by atoms with E-state index in [4.69, 9.17) is 9.15 Å². The van der Waals surface area contributed by atoms with E-state index in [-0.39, 0.29) is 5.60 Å². The van der Waals surface area contributed by atoms with Crippen molar-refractivity contribution >= 4 is 44.9 Å². The predicted octanol–water partition coefficient (Wildman–Crippen LogP) is 16.1. The fourth-order valence-electron chi connectivity index (χ4n) is 9.59. The first kappa shape index (κ1) is 39.2. The van der Waals surface area contributed by atoms with E-state index in [1.807, 2.05) is 13.0 Å². The van der Waals surface area contributed by atoms with Crippen molar-refractivity contribution in [1.82, 2.24) is 4.57 Å². The number of nitrogens with zero attached hydrogens (tertiary/aromatic N) is 1. The molecular weight excluding hydrogens is 731 g/mol. The normalized spacial score (nSPS) is 17.7. The fourth-order valence-corrected chi connectivity index (χ4v) is 9.59. The Labute approximate surface area is 355 Å². The van der Waals surface area contributed by atoms with Gasteiger partial charge in [0.1, 0.15) is 22.7 Å². The molecule has 1 aliphatic heterocycles. The zero-order chi connectivity index (χ0) is 41.7. The first-order valence-electron chi connectivity index (χ1n) is 21.6. The molecule has 0 fully saturated rings. The highest BCUT2D eigenvalue weighted by molar-refractivity contribution is 6.11. The van der Waals surface area contributed by atoms with Crippen LogP contribution in [0.2, 0.25) is 0 Å². The van der Waals surface area contributed by atoms with Crippen LogP contribution in [0.3, 0.4) is 0 Å². The van der Waals surface area contributed by atoms with E-state index in [1.165, 1.54) is 83.9 Å². The highest BCUT2D eigenvalue weighted by Gasteiger charge is 2.40. The minimum atomic E-state index is -0.143. The fraction of sp³-hybridized carbons (Fsp3) is 0.228. The quantitative estimate of drug-likeness (QED) is 0.168. The van der Waals surface area contributed by atoms with Crippen molar-refractivity contribution in [2.75, 3.05) is 0 Å². The van der Waals surface area contributed by atoms with Crippen molar-refractivity contribution in [2.24, 2.45) is 5.92 Å². The molecule has 0 saturated carbocycles. The molecule has 2 aliphatic carbocycles. The SMILES string of the molecule is C/C=C\C1=C(C)C2=CC(C(C)CC)=CCC2(C)O1.Cc1ccccc1-c1c(C)ccc(-c2ccc3c(c2)c2ccccc2n3-c2ccc3oc4c(c3c2)C=CCC=C4)c1C. The second kappa shape index (κ2) is 15.7. The molecule has 3 heterocycles. The van der Waals surface area contributed by atoms with E-state index in [1.54, 1.807) is 0 Å². The molecule has 0 N–H and O–H groups in total. The number of aromatic nitrogens is 1. The van der Waals surface area contributed by atoms with Gasteiger partial charge < -0.3 is 13.7 Å². The molecule has 3 aliphatic rings. The summed E-state index contributed by atoms with van der Waals surface area (Å²) in [6.45, 7) is 17.6. The molecule has 0 spiro atoms. The standard InChI is InChI=1S/C40H31NO.C17H24O/c1-25-11-7-8-12-30(25)40-26(2)17-20-31(27(40)3)28-18-21-37-34(23-28)32-13-9-10-15-36(32)41(37)29-19-22-39-35(24-29)33-14-5-4-6-16-38(33)42-39;1-6-8-16-13(4)15-11-14(12(3)7-2)9-10-17(15,5)18-16/h5-24H,4H2,1-3H3;6,8-9,11-12H,7,10H2,1-5H3/b;8-6-. The van der Waals surface area contributed by atoms with Gasteiger partial charge in [0, 0.05) is 39.4 Å². The molecule has 7 aromatic rings. The van der Waals surface area contributed by atoms with Crippen LogP contribution in [0.15, 0.2) is 160 Å². The molecule has 300 valence electrons. The summed E-state index contributed by atoms with van der Waals surface area (Å²) in [4.78, 5) is 0. The van der Waals surface area contributed by atoms with Crippen molar-refractivity contribution in [3.05, 3.63) is 184 Å². The Morgan fingerprint density at radius 2 is 1.57 bits per heavy atom. The lowest BCUT2D eigenvalue weighted by Crippen LogP contribution is -2.28. The molecular formula is C57H55NO2. The number of furan rings is 1. The van der Waals surface area contributed by atoms with Crippen LogP contribution in [-0.4, -0.2) is 10.2 Å². The average molecular weight is 786 g/mol. The molecule has 0 radical (unpaired) electrons. The molecule has 3 heteroatoms. The van der Waals surface area contributed by atoms with Crippen LogP contribution in [0.25, 0.3) is 72.9 Å². The molecule has 0 amide bonds. The van der Waals surface area contributed by atoms with Gasteiger partial charge in [-0.2, -0.15) is 0 Å². The van der Waals surface area contributed by atoms with Crippen LogP contribution >= 0.6 is 0 Å². The van der Waals surface area contributed by atoms with Gasteiger partial charge in [-0.05, 0) is 159 Å². The minimum Gasteiger partial charge on any atom is -0.482 e. The Hall–Kier alpha value is -6.32. The summed E-state index contributed by atoms with van der Waals surface area (Å²) in [5.74, 6) is 2.60.